The summed E-state index contributed by atoms with van der Waals surface area (Å²) in [6, 6.07) is 5.87. The lowest BCUT2D eigenvalue weighted by molar-refractivity contribution is -0.152. The summed E-state index contributed by atoms with van der Waals surface area (Å²) in [7, 11) is 0. The number of nitrogens with one attached hydrogen (secondary N) is 3. The molecule has 36 heavy (non-hydrogen) atoms. The zero-order valence-electron chi connectivity index (χ0n) is 20.5. The molecule has 0 bridgehead atoms. The van der Waals surface area contributed by atoms with Gasteiger partial charge in [-0.05, 0) is 24.8 Å². The number of hydrogen-bond acceptors (Lipinski definition) is 6. The molecule has 1 aromatic rings. The maximum atomic E-state index is 12.5. The average Bonchev–Trinajstić information content (AvgIpc) is 2.76. The van der Waals surface area contributed by atoms with E-state index in [1.54, 1.807) is 24.3 Å². The quantitative estimate of drug-likeness (QED) is 0.236. The number of likely N-dealkylation sites (tertiary alicyclic amines) is 1. The molecule has 1 fully saturated rings. The summed E-state index contributed by atoms with van der Waals surface area (Å²) < 4.78 is 0. The van der Waals surface area contributed by atoms with E-state index in [4.69, 9.17) is 10.8 Å². The first-order valence-corrected chi connectivity index (χ1v) is 11.7. The Morgan fingerprint density at radius 2 is 1.58 bits per heavy atom. The number of rotatable bonds is 12. The van der Waals surface area contributed by atoms with Gasteiger partial charge in [-0.25, -0.2) is 4.79 Å². The summed E-state index contributed by atoms with van der Waals surface area (Å²) in [5, 5.41) is 16.0. The molecule has 3 unspecified atom stereocenters. The minimum atomic E-state index is -1.38. The molecule has 12 heteroatoms. The fourth-order valence-electron chi connectivity index (χ4n) is 3.74. The van der Waals surface area contributed by atoms with Crippen molar-refractivity contribution in [3.63, 3.8) is 0 Å². The van der Waals surface area contributed by atoms with Gasteiger partial charge in [0.05, 0.1) is 12.0 Å². The number of carbonyl (C=O) groups excluding carboxylic acids is 5. The van der Waals surface area contributed by atoms with E-state index in [1.165, 1.54) is 11.8 Å². The number of carbonyl (C=O) groups is 6. The molecule has 0 spiro atoms. The molecule has 0 aromatic heterocycles. The standard InChI is InChI=1S/C24H33N5O7/c1-13(2)9-18(28-24(35)36)22(33)26-14(3)19(30)23(34)29-11-16(12-29)21(32)27-17(20(25)31)10-15-7-5-4-6-8-15/h4-8,13-14,16-18,28H,9-12H2,1-3H3,(H2,25,31)(H,26,33)(H,27,32)(H,35,36). The predicted molar refractivity (Wildman–Crippen MR) is 128 cm³/mol. The van der Waals surface area contributed by atoms with Crippen molar-refractivity contribution < 1.29 is 33.9 Å². The number of nitrogens with zero attached hydrogens (tertiary/aromatic N) is 1. The van der Waals surface area contributed by atoms with Crippen molar-refractivity contribution in [1.29, 1.82) is 0 Å². The Hall–Kier alpha value is -3.96. The zero-order valence-corrected chi connectivity index (χ0v) is 20.5. The molecule has 1 aliphatic rings. The zero-order chi connectivity index (χ0) is 27.0. The number of primary amides is 1. The summed E-state index contributed by atoms with van der Waals surface area (Å²) in [6.45, 7) is 4.91. The van der Waals surface area contributed by atoms with Crippen molar-refractivity contribution in [3.8, 4) is 0 Å². The molecule has 0 radical (unpaired) electrons. The van der Waals surface area contributed by atoms with Gasteiger partial charge in [-0.15, -0.1) is 0 Å². The molecule has 1 aliphatic heterocycles. The molecule has 0 saturated carbocycles. The summed E-state index contributed by atoms with van der Waals surface area (Å²) in [4.78, 5) is 73.9. The second-order valence-corrected chi connectivity index (χ2v) is 9.29. The van der Waals surface area contributed by atoms with Crippen molar-refractivity contribution >= 4 is 35.5 Å². The molecule has 5 amide bonds. The molecule has 6 N–H and O–H groups in total. The van der Waals surface area contributed by atoms with Crippen molar-refractivity contribution in [3.05, 3.63) is 35.9 Å². The molecule has 1 aromatic carbocycles. The number of hydrogen-bond donors (Lipinski definition) is 5. The molecular formula is C24H33N5O7. The highest BCUT2D eigenvalue weighted by Crippen LogP contribution is 2.17. The third kappa shape index (κ3) is 8.07. The Morgan fingerprint density at radius 1 is 0.972 bits per heavy atom. The van der Waals surface area contributed by atoms with E-state index in [-0.39, 0.29) is 31.8 Å². The fourth-order valence-corrected chi connectivity index (χ4v) is 3.74. The van der Waals surface area contributed by atoms with Gasteiger partial charge in [0, 0.05) is 19.5 Å². The van der Waals surface area contributed by atoms with E-state index < -0.39 is 59.5 Å². The number of benzene rings is 1. The first-order chi connectivity index (χ1) is 16.9. The Labute approximate surface area is 209 Å². The van der Waals surface area contributed by atoms with Gasteiger partial charge in [-0.1, -0.05) is 44.2 Å². The lowest BCUT2D eigenvalue weighted by atomic mass is 9.96. The lowest BCUT2D eigenvalue weighted by Gasteiger charge is -2.38. The third-order valence-electron chi connectivity index (χ3n) is 5.77. The second kappa shape index (κ2) is 12.7. The minimum Gasteiger partial charge on any atom is -0.465 e. The normalized spacial score (nSPS) is 15.7. The molecule has 2 rings (SSSR count). The molecule has 0 aliphatic carbocycles. The topological polar surface area (TPSA) is 188 Å². The van der Waals surface area contributed by atoms with E-state index in [0.717, 1.165) is 5.56 Å². The van der Waals surface area contributed by atoms with Crippen LogP contribution >= 0.6 is 0 Å². The van der Waals surface area contributed by atoms with Gasteiger partial charge in [0.25, 0.3) is 5.91 Å². The lowest BCUT2D eigenvalue weighted by Crippen LogP contribution is -2.61. The van der Waals surface area contributed by atoms with Crippen molar-refractivity contribution in [2.45, 2.75) is 51.7 Å². The van der Waals surface area contributed by atoms with Gasteiger partial charge >= 0.3 is 6.09 Å². The van der Waals surface area contributed by atoms with E-state index in [0.29, 0.717) is 0 Å². The third-order valence-corrected chi connectivity index (χ3v) is 5.77. The van der Waals surface area contributed by atoms with Crippen LogP contribution in [0.3, 0.4) is 0 Å². The van der Waals surface area contributed by atoms with Gasteiger partial charge in [0.1, 0.15) is 12.1 Å². The van der Waals surface area contributed by atoms with Crippen LogP contribution in [-0.2, 0) is 30.4 Å². The van der Waals surface area contributed by atoms with E-state index in [2.05, 4.69) is 16.0 Å². The van der Waals surface area contributed by atoms with Gasteiger partial charge < -0.3 is 31.7 Å². The van der Waals surface area contributed by atoms with Crippen LogP contribution in [0.4, 0.5) is 4.79 Å². The molecule has 1 saturated heterocycles. The Balaban J connectivity index is 1.87. The molecule has 196 valence electrons. The van der Waals surface area contributed by atoms with Gasteiger partial charge in [0.15, 0.2) is 0 Å². The van der Waals surface area contributed by atoms with E-state index >= 15 is 0 Å². The van der Waals surface area contributed by atoms with Gasteiger partial charge in [-0.2, -0.15) is 0 Å². The van der Waals surface area contributed by atoms with Crippen LogP contribution in [0.15, 0.2) is 30.3 Å². The number of Topliss-reactive ketones (excluding diaryl/α,β-unsaturated/α-hetero) is 1. The SMILES string of the molecule is CC(C)CC(NC(=O)O)C(=O)NC(C)C(=O)C(=O)N1CC(C(=O)NC(Cc2ccccc2)C(N)=O)C1. The number of carboxylic acid groups (broad SMARTS) is 1. The molecule has 12 nitrogen and oxygen atoms in total. The average molecular weight is 504 g/mol. The number of amides is 5. The van der Waals surface area contributed by atoms with Crippen molar-refractivity contribution in [2.75, 3.05) is 13.1 Å². The second-order valence-electron chi connectivity index (χ2n) is 9.29. The van der Waals surface area contributed by atoms with Crippen LogP contribution in [0.25, 0.3) is 0 Å². The maximum Gasteiger partial charge on any atom is 0.405 e. The molecule has 3 atom stereocenters. The number of nitrogens with two attached hydrogens (primary N) is 1. The highest BCUT2D eigenvalue weighted by atomic mass is 16.4. The van der Waals surface area contributed by atoms with Crippen LogP contribution in [0.2, 0.25) is 0 Å². The van der Waals surface area contributed by atoms with Crippen LogP contribution in [0.5, 0.6) is 0 Å². The first-order valence-electron chi connectivity index (χ1n) is 11.7. The Bertz CT molecular complexity index is 992. The summed E-state index contributed by atoms with van der Waals surface area (Å²) in [6.07, 6.45) is -0.938. The molecular weight excluding hydrogens is 470 g/mol. The van der Waals surface area contributed by atoms with Crippen molar-refractivity contribution in [2.24, 2.45) is 17.6 Å². The summed E-state index contributed by atoms with van der Waals surface area (Å²) in [5.74, 6) is -4.22. The Kier molecular flexibility index (Phi) is 9.94. The van der Waals surface area contributed by atoms with Crippen LogP contribution < -0.4 is 21.7 Å². The maximum absolute atomic E-state index is 12.5. The first kappa shape index (κ1) is 28.3. The van der Waals surface area contributed by atoms with E-state index in [9.17, 15) is 28.8 Å². The monoisotopic (exact) mass is 503 g/mol. The van der Waals surface area contributed by atoms with Crippen LogP contribution in [0, 0.1) is 11.8 Å². The number of ketones is 1. The van der Waals surface area contributed by atoms with Crippen LogP contribution in [0.1, 0.15) is 32.8 Å². The van der Waals surface area contributed by atoms with Crippen LogP contribution in [-0.4, -0.2) is 76.7 Å². The van der Waals surface area contributed by atoms with Crippen molar-refractivity contribution in [1.82, 2.24) is 20.9 Å². The van der Waals surface area contributed by atoms with Gasteiger partial charge in [0.2, 0.25) is 23.5 Å². The predicted octanol–water partition coefficient (Wildman–Crippen LogP) is -0.586. The summed E-state index contributed by atoms with van der Waals surface area (Å²) >= 11 is 0. The summed E-state index contributed by atoms with van der Waals surface area (Å²) in [5.41, 5.74) is 6.24. The minimum absolute atomic E-state index is 0.00580. The Morgan fingerprint density at radius 3 is 2.11 bits per heavy atom. The highest BCUT2D eigenvalue weighted by Gasteiger charge is 2.40. The smallest absolute Gasteiger partial charge is 0.405 e. The largest absolute Gasteiger partial charge is 0.465 e. The molecule has 1 heterocycles. The fraction of sp³-hybridized carbons (Fsp3) is 0.500. The van der Waals surface area contributed by atoms with Gasteiger partial charge in [-0.3, -0.25) is 24.0 Å². The van der Waals surface area contributed by atoms with E-state index in [1.807, 2.05) is 19.9 Å². The highest BCUT2D eigenvalue weighted by molar-refractivity contribution is 6.38.